The number of nitrogens with one attached hydrogen (secondary N) is 1. The fraction of sp³-hybridized carbons (Fsp3) is 0.125. The van der Waals surface area contributed by atoms with Crippen LogP contribution in [0.3, 0.4) is 0 Å². The fourth-order valence-electron chi connectivity index (χ4n) is 1.71. The summed E-state index contributed by atoms with van der Waals surface area (Å²) in [5.74, 6) is -0.346. The zero-order chi connectivity index (χ0) is 15.9. The third-order valence-electron chi connectivity index (χ3n) is 2.66. The van der Waals surface area contributed by atoms with Crippen molar-refractivity contribution < 1.29 is 19.1 Å². The van der Waals surface area contributed by atoms with Crippen LogP contribution in [-0.2, 0) is 4.74 Å². The van der Waals surface area contributed by atoms with Crippen LogP contribution in [0.1, 0.15) is 17.3 Å². The van der Waals surface area contributed by atoms with Gasteiger partial charge in [-0.15, -0.1) is 0 Å². The molecular formula is C16H14ClNO4. The van der Waals surface area contributed by atoms with Crippen LogP contribution in [0, 0.1) is 0 Å². The van der Waals surface area contributed by atoms with Gasteiger partial charge in [-0.2, -0.15) is 0 Å². The van der Waals surface area contributed by atoms with E-state index in [2.05, 4.69) is 5.32 Å². The first-order chi connectivity index (χ1) is 10.6. The van der Waals surface area contributed by atoms with Crippen molar-refractivity contribution in [3.63, 3.8) is 0 Å². The number of carbonyl (C=O) groups is 2. The Hall–Kier alpha value is -2.53. The zero-order valence-electron chi connectivity index (χ0n) is 11.8. The largest absolute Gasteiger partial charge is 0.450 e. The molecular weight excluding hydrogens is 306 g/mol. The summed E-state index contributed by atoms with van der Waals surface area (Å²) >= 11 is 5.85. The first kappa shape index (κ1) is 15.9. The molecule has 22 heavy (non-hydrogen) atoms. The highest BCUT2D eigenvalue weighted by Gasteiger charge is 2.13. The number of benzene rings is 2. The lowest BCUT2D eigenvalue weighted by molar-refractivity contribution is 0.0735. The van der Waals surface area contributed by atoms with E-state index >= 15 is 0 Å². The van der Waals surface area contributed by atoms with Gasteiger partial charge in [0.25, 0.3) is 0 Å². The number of anilines is 1. The molecule has 0 saturated carbocycles. The van der Waals surface area contributed by atoms with E-state index in [1.165, 1.54) is 6.07 Å². The van der Waals surface area contributed by atoms with Crippen molar-refractivity contribution in [1.82, 2.24) is 0 Å². The lowest BCUT2D eigenvalue weighted by Gasteiger charge is -2.11. The van der Waals surface area contributed by atoms with Crippen LogP contribution < -0.4 is 10.1 Å². The van der Waals surface area contributed by atoms with Gasteiger partial charge in [0, 0.05) is 5.02 Å². The predicted octanol–water partition coefficient (Wildman–Crippen LogP) is 4.13. The standard InChI is InChI=1S/C16H14ClNO4/c1-2-21-16(20)18-13-8-3-4-9-14(13)22-15(19)11-6-5-7-12(17)10-11/h3-10H,2H2,1H3,(H,18,20). The van der Waals surface area contributed by atoms with E-state index in [4.69, 9.17) is 21.1 Å². The minimum absolute atomic E-state index is 0.223. The van der Waals surface area contributed by atoms with Gasteiger partial charge in [-0.25, -0.2) is 9.59 Å². The normalized spacial score (nSPS) is 9.91. The highest BCUT2D eigenvalue weighted by Crippen LogP contribution is 2.25. The molecule has 0 heterocycles. The Labute approximate surface area is 132 Å². The second-order valence-electron chi connectivity index (χ2n) is 4.24. The Morgan fingerprint density at radius 2 is 1.91 bits per heavy atom. The minimum atomic E-state index is -0.617. The number of halogens is 1. The van der Waals surface area contributed by atoms with E-state index in [9.17, 15) is 9.59 Å². The van der Waals surface area contributed by atoms with Crippen LogP contribution in [0.2, 0.25) is 5.02 Å². The summed E-state index contributed by atoms with van der Waals surface area (Å²) in [6.45, 7) is 1.95. The van der Waals surface area contributed by atoms with Crippen molar-refractivity contribution in [1.29, 1.82) is 0 Å². The predicted molar refractivity (Wildman–Crippen MR) is 83.5 cm³/mol. The number of carbonyl (C=O) groups excluding carboxylic acids is 2. The lowest BCUT2D eigenvalue weighted by Crippen LogP contribution is -2.15. The van der Waals surface area contributed by atoms with Gasteiger partial charge >= 0.3 is 12.1 Å². The van der Waals surface area contributed by atoms with Gasteiger partial charge in [-0.1, -0.05) is 29.8 Å². The van der Waals surface area contributed by atoms with Gasteiger partial charge in [-0.3, -0.25) is 5.32 Å². The molecule has 1 N–H and O–H groups in total. The summed E-state index contributed by atoms with van der Waals surface area (Å²) in [6, 6.07) is 13.0. The molecule has 0 aromatic heterocycles. The highest BCUT2D eigenvalue weighted by molar-refractivity contribution is 6.30. The SMILES string of the molecule is CCOC(=O)Nc1ccccc1OC(=O)c1cccc(Cl)c1. The van der Waals surface area contributed by atoms with E-state index in [0.29, 0.717) is 16.3 Å². The second-order valence-corrected chi connectivity index (χ2v) is 4.68. The number of para-hydroxylation sites is 2. The maximum absolute atomic E-state index is 12.1. The van der Waals surface area contributed by atoms with E-state index in [0.717, 1.165) is 0 Å². The van der Waals surface area contributed by atoms with Crippen molar-refractivity contribution in [3.05, 3.63) is 59.1 Å². The molecule has 0 atom stereocenters. The molecule has 0 saturated heterocycles. The molecule has 0 unspecified atom stereocenters. The Morgan fingerprint density at radius 3 is 2.64 bits per heavy atom. The number of rotatable bonds is 4. The van der Waals surface area contributed by atoms with Gasteiger partial charge in [-0.05, 0) is 37.3 Å². The molecule has 114 valence electrons. The Bertz CT molecular complexity index is 687. The van der Waals surface area contributed by atoms with Gasteiger partial charge < -0.3 is 9.47 Å². The van der Waals surface area contributed by atoms with Gasteiger partial charge in [0.2, 0.25) is 0 Å². The maximum Gasteiger partial charge on any atom is 0.411 e. The van der Waals surface area contributed by atoms with E-state index in [-0.39, 0.29) is 12.4 Å². The van der Waals surface area contributed by atoms with Crippen molar-refractivity contribution in [2.75, 3.05) is 11.9 Å². The molecule has 5 nitrogen and oxygen atoms in total. The fourth-order valence-corrected chi connectivity index (χ4v) is 1.90. The third kappa shape index (κ3) is 4.23. The van der Waals surface area contributed by atoms with Crippen LogP contribution in [0.4, 0.5) is 10.5 Å². The van der Waals surface area contributed by atoms with Crippen molar-refractivity contribution in [2.24, 2.45) is 0 Å². The topological polar surface area (TPSA) is 64.6 Å². The Balaban J connectivity index is 2.15. The van der Waals surface area contributed by atoms with Gasteiger partial charge in [0.05, 0.1) is 17.9 Å². The van der Waals surface area contributed by atoms with Crippen molar-refractivity contribution >= 4 is 29.4 Å². The number of ether oxygens (including phenoxy) is 2. The molecule has 2 rings (SSSR count). The number of hydrogen-bond acceptors (Lipinski definition) is 4. The highest BCUT2D eigenvalue weighted by atomic mass is 35.5. The molecule has 0 radical (unpaired) electrons. The molecule has 0 spiro atoms. The summed E-state index contributed by atoms with van der Waals surface area (Å²) in [7, 11) is 0. The first-order valence-electron chi connectivity index (χ1n) is 6.60. The molecule has 6 heteroatoms. The van der Waals surface area contributed by atoms with Gasteiger partial charge in [0.15, 0.2) is 5.75 Å². The first-order valence-corrected chi connectivity index (χ1v) is 6.98. The monoisotopic (exact) mass is 319 g/mol. The summed E-state index contributed by atoms with van der Waals surface area (Å²) in [5.41, 5.74) is 0.662. The smallest absolute Gasteiger partial charge is 0.411 e. The van der Waals surface area contributed by atoms with Crippen molar-refractivity contribution in [3.8, 4) is 5.75 Å². The number of amides is 1. The second kappa shape index (κ2) is 7.47. The number of hydrogen-bond donors (Lipinski definition) is 1. The summed E-state index contributed by atoms with van der Waals surface area (Å²) in [6.07, 6.45) is -0.617. The van der Waals surface area contributed by atoms with Crippen LogP contribution in [0.5, 0.6) is 5.75 Å². The van der Waals surface area contributed by atoms with Gasteiger partial charge in [0.1, 0.15) is 0 Å². The summed E-state index contributed by atoms with van der Waals surface area (Å²) in [5, 5.41) is 2.95. The average molecular weight is 320 g/mol. The van der Waals surface area contributed by atoms with Crippen molar-refractivity contribution in [2.45, 2.75) is 6.92 Å². The third-order valence-corrected chi connectivity index (χ3v) is 2.90. The summed E-state index contributed by atoms with van der Waals surface area (Å²) in [4.78, 5) is 23.6. The average Bonchev–Trinajstić information content (AvgIpc) is 2.49. The van der Waals surface area contributed by atoms with E-state index in [1.54, 1.807) is 49.4 Å². The summed E-state index contributed by atoms with van der Waals surface area (Å²) < 4.78 is 10.1. The van der Waals surface area contributed by atoms with Crippen LogP contribution in [0.15, 0.2) is 48.5 Å². The molecule has 0 fully saturated rings. The minimum Gasteiger partial charge on any atom is -0.450 e. The van der Waals surface area contributed by atoms with Crippen LogP contribution in [0.25, 0.3) is 0 Å². The molecule has 0 bridgehead atoms. The molecule has 0 aliphatic heterocycles. The zero-order valence-corrected chi connectivity index (χ0v) is 12.6. The van der Waals surface area contributed by atoms with Crippen LogP contribution >= 0.6 is 11.6 Å². The Kier molecular flexibility index (Phi) is 5.38. The molecule has 2 aromatic carbocycles. The lowest BCUT2D eigenvalue weighted by atomic mass is 10.2. The van der Waals surface area contributed by atoms with E-state index in [1.807, 2.05) is 0 Å². The maximum atomic E-state index is 12.1. The Morgan fingerprint density at radius 1 is 1.14 bits per heavy atom. The quantitative estimate of drug-likeness (QED) is 0.680. The molecule has 0 aliphatic rings. The molecule has 0 aliphatic carbocycles. The molecule has 1 amide bonds. The van der Waals surface area contributed by atoms with Crippen LogP contribution in [-0.4, -0.2) is 18.7 Å². The number of esters is 1. The van der Waals surface area contributed by atoms with E-state index < -0.39 is 12.1 Å². The molecule has 2 aromatic rings.